The van der Waals surface area contributed by atoms with Crippen LogP contribution >= 0.6 is 0 Å². The summed E-state index contributed by atoms with van der Waals surface area (Å²) in [6.45, 7) is 2.67. The smallest absolute Gasteiger partial charge is 0.337 e. The fourth-order valence-electron chi connectivity index (χ4n) is 3.34. The largest absolute Gasteiger partial charge is 0.465 e. The topological polar surface area (TPSA) is 55.3 Å². The molecule has 4 rings (SSSR count). The molecule has 30 heavy (non-hydrogen) atoms. The van der Waals surface area contributed by atoms with E-state index in [2.05, 4.69) is 0 Å². The monoisotopic (exact) mass is 401 g/mol. The van der Waals surface area contributed by atoms with Crippen molar-refractivity contribution in [3.63, 3.8) is 0 Å². The molecular formula is C24H20FN3O2. The number of nitrogens with zero attached hydrogens (tertiary/aromatic N) is 3. The van der Waals surface area contributed by atoms with E-state index in [0.717, 1.165) is 11.3 Å². The average Bonchev–Trinajstić information content (AvgIpc) is 2.79. The minimum atomic E-state index is -0.432. The number of ether oxygens (including phenoxy) is 1. The van der Waals surface area contributed by atoms with E-state index < -0.39 is 5.97 Å². The van der Waals surface area contributed by atoms with Crippen LogP contribution in [0.15, 0.2) is 72.8 Å². The first-order chi connectivity index (χ1) is 14.6. The number of anilines is 2. The first-order valence-corrected chi connectivity index (χ1v) is 9.59. The third kappa shape index (κ3) is 3.72. The Hall–Kier alpha value is -3.80. The Balaban J connectivity index is 1.96. The van der Waals surface area contributed by atoms with E-state index in [1.54, 1.807) is 30.3 Å². The van der Waals surface area contributed by atoms with Crippen molar-refractivity contribution >= 4 is 28.5 Å². The summed E-state index contributed by atoms with van der Waals surface area (Å²) < 4.78 is 18.3. The zero-order valence-electron chi connectivity index (χ0n) is 16.7. The Kier molecular flexibility index (Phi) is 5.39. The van der Waals surface area contributed by atoms with Gasteiger partial charge in [0.1, 0.15) is 11.5 Å². The second-order valence-electron chi connectivity index (χ2n) is 6.68. The molecule has 1 aromatic heterocycles. The van der Waals surface area contributed by atoms with E-state index in [9.17, 15) is 9.18 Å². The van der Waals surface area contributed by atoms with Crippen LogP contribution in [0.1, 0.15) is 17.3 Å². The number of methoxy groups -OCH3 is 1. The van der Waals surface area contributed by atoms with Crippen molar-refractivity contribution < 1.29 is 13.9 Å². The SMILES string of the molecule is CCN(c1ccccc1)c1nc2cc(C(=O)OC)ccc2nc1-c1ccc(F)cc1. The molecular weight excluding hydrogens is 381 g/mol. The van der Waals surface area contributed by atoms with Crippen LogP contribution in [0, 0.1) is 5.82 Å². The maximum absolute atomic E-state index is 13.5. The van der Waals surface area contributed by atoms with Crippen molar-refractivity contribution in [3.05, 3.63) is 84.2 Å². The van der Waals surface area contributed by atoms with E-state index >= 15 is 0 Å². The lowest BCUT2D eigenvalue weighted by Crippen LogP contribution is -2.19. The van der Waals surface area contributed by atoms with Crippen LogP contribution in [0.25, 0.3) is 22.3 Å². The summed E-state index contributed by atoms with van der Waals surface area (Å²) in [5.41, 5.74) is 3.97. The van der Waals surface area contributed by atoms with Gasteiger partial charge >= 0.3 is 5.97 Å². The zero-order chi connectivity index (χ0) is 21.1. The lowest BCUT2D eigenvalue weighted by atomic mass is 10.1. The Morgan fingerprint density at radius 2 is 1.70 bits per heavy atom. The molecule has 0 spiro atoms. The maximum atomic E-state index is 13.5. The minimum absolute atomic E-state index is 0.313. The molecule has 1 heterocycles. The van der Waals surface area contributed by atoms with Crippen LogP contribution in [-0.2, 0) is 4.74 Å². The Morgan fingerprint density at radius 1 is 0.967 bits per heavy atom. The van der Waals surface area contributed by atoms with Crippen LogP contribution < -0.4 is 4.90 Å². The van der Waals surface area contributed by atoms with Gasteiger partial charge in [-0.05, 0) is 61.5 Å². The standard InChI is InChI=1S/C24H20FN3O2/c1-3-28(19-7-5-4-6-8-19)23-22(16-9-12-18(25)13-10-16)26-20-14-11-17(24(29)30-2)15-21(20)27-23/h4-15H,3H2,1-2H3. The van der Waals surface area contributed by atoms with E-state index in [0.29, 0.717) is 34.7 Å². The molecule has 0 unspecified atom stereocenters. The molecule has 4 aromatic rings. The highest BCUT2D eigenvalue weighted by atomic mass is 19.1. The first-order valence-electron chi connectivity index (χ1n) is 9.59. The van der Waals surface area contributed by atoms with Crippen molar-refractivity contribution in [2.75, 3.05) is 18.6 Å². The van der Waals surface area contributed by atoms with Gasteiger partial charge in [-0.15, -0.1) is 0 Å². The summed E-state index contributed by atoms with van der Waals surface area (Å²) >= 11 is 0. The highest BCUT2D eigenvalue weighted by Gasteiger charge is 2.19. The number of aromatic nitrogens is 2. The van der Waals surface area contributed by atoms with Gasteiger partial charge in [0.2, 0.25) is 0 Å². The summed E-state index contributed by atoms with van der Waals surface area (Å²) in [6, 6.07) is 21.1. The quantitative estimate of drug-likeness (QED) is 0.420. The number of carbonyl (C=O) groups is 1. The molecule has 5 nitrogen and oxygen atoms in total. The Morgan fingerprint density at radius 3 is 2.37 bits per heavy atom. The Labute approximate surface area is 173 Å². The summed E-state index contributed by atoms with van der Waals surface area (Å²) in [5, 5.41) is 0. The third-order valence-electron chi connectivity index (χ3n) is 4.82. The lowest BCUT2D eigenvalue weighted by Gasteiger charge is -2.24. The van der Waals surface area contributed by atoms with Gasteiger partial charge in [0.25, 0.3) is 0 Å². The Bertz CT molecular complexity index is 1190. The molecule has 0 saturated carbocycles. The highest BCUT2D eigenvalue weighted by Crippen LogP contribution is 2.34. The fraction of sp³-hybridized carbons (Fsp3) is 0.125. The van der Waals surface area contributed by atoms with Crippen molar-refractivity contribution in [2.24, 2.45) is 0 Å². The zero-order valence-corrected chi connectivity index (χ0v) is 16.7. The summed E-state index contributed by atoms with van der Waals surface area (Å²) in [7, 11) is 1.34. The molecule has 0 aliphatic carbocycles. The van der Waals surface area contributed by atoms with Crippen molar-refractivity contribution in [3.8, 4) is 11.3 Å². The number of rotatable bonds is 5. The van der Waals surface area contributed by atoms with Crippen molar-refractivity contribution in [1.82, 2.24) is 9.97 Å². The molecule has 0 radical (unpaired) electrons. The van der Waals surface area contributed by atoms with E-state index in [1.165, 1.54) is 19.2 Å². The molecule has 0 N–H and O–H groups in total. The number of halogens is 1. The van der Waals surface area contributed by atoms with Crippen LogP contribution in [0.3, 0.4) is 0 Å². The molecule has 0 aliphatic heterocycles. The summed E-state index contributed by atoms with van der Waals surface area (Å²) in [6.07, 6.45) is 0. The van der Waals surface area contributed by atoms with Crippen LogP contribution in [0.2, 0.25) is 0 Å². The molecule has 0 fully saturated rings. The number of para-hydroxylation sites is 1. The molecule has 0 atom stereocenters. The van der Waals surface area contributed by atoms with Crippen LogP contribution in [0.4, 0.5) is 15.9 Å². The predicted molar refractivity (Wildman–Crippen MR) is 115 cm³/mol. The molecule has 6 heteroatoms. The average molecular weight is 401 g/mol. The number of carbonyl (C=O) groups excluding carboxylic acids is 1. The second kappa shape index (κ2) is 8.29. The normalized spacial score (nSPS) is 10.8. The molecule has 0 aliphatic rings. The van der Waals surface area contributed by atoms with Gasteiger partial charge in [-0.25, -0.2) is 19.2 Å². The van der Waals surface area contributed by atoms with Gasteiger partial charge in [0, 0.05) is 17.8 Å². The third-order valence-corrected chi connectivity index (χ3v) is 4.82. The predicted octanol–water partition coefficient (Wildman–Crippen LogP) is 5.38. The van der Waals surface area contributed by atoms with Gasteiger partial charge in [-0.1, -0.05) is 18.2 Å². The van der Waals surface area contributed by atoms with Gasteiger partial charge < -0.3 is 9.64 Å². The van der Waals surface area contributed by atoms with E-state index in [-0.39, 0.29) is 5.82 Å². The number of hydrogen-bond donors (Lipinski definition) is 0. The van der Waals surface area contributed by atoms with Crippen LogP contribution in [-0.4, -0.2) is 29.6 Å². The van der Waals surface area contributed by atoms with Gasteiger partial charge in [-0.3, -0.25) is 0 Å². The molecule has 0 saturated heterocycles. The van der Waals surface area contributed by atoms with E-state index in [1.807, 2.05) is 42.2 Å². The highest BCUT2D eigenvalue weighted by molar-refractivity contribution is 5.94. The fourth-order valence-corrected chi connectivity index (χ4v) is 3.34. The van der Waals surface area contributed by atoms with Crippen molar-refractivity contribution in [1.29, 1.82) is 0 Å². The maximum Gasteiger partial charge on any atom is 0.337 e. The molecule has 150 valence electrons. The number of esters is 1. The number of benzene rings is 3. The van der Waals surface area contributed by atoms with Gasteiger partial charge in [-0.2, -0.15) is 0 Å². The first kappa shape index (κ1) is 19.5. The molecule has 0 bridgehead atoms. The minimum Gasteiger partial charge on any atom is -0.465 e. The van der Waals surface area contributed by atoms with Crippen molar-refractivity contribution in [2.45, 2.75) is 6.92 Å². The van der Waals surface area contributed by atoms with Gasteiger partial charge in [0.05, 0.1) is 23.7 Å². The number of fused-ring (bicyclic) bond motifs is 1. The summed E-state index contributed by atoms with van der Waals surface area (Å²) in [5.74, 6) is -0.115. The summed E-state index contributed by atoms with van der Waals surface area (Å²) in [4.78, 5) is 23.7. The van der Waals surface area contributed by atoms with Gasteiger partial charge in [0.15, 0.2) is 5.82 Å². The molecule has 0 amide bonds. The lowest BCUT2D eigenvalue weighted by molar-refractivity contribution is 0.0601. The second-order valence-corrected chi connectivity index (χ2v) is 6.68. The van der Waals surface area contributed by atoms with Crippen LogP contribution in [0.5, 0.6) is 0 Å². The van der Waals surface area contributed by atoms with E-state index in [4.69, 9.17) is 14.7 Å². The molecule has 3 aromatic carbocycles. The number of hydrogen-bond acceptors (Lipinski definition) is 5.